The lowest BCUT2D eigenvalue weighted by Crippen LogP contribution is -2.41. The summed E-state index contributed by atoms with van der Waals surface area (Å²) in [4.78, 5) is 0. The second-order valence-electron chi connectivity index (χ2n) is 6.56. The minimum atomic E-state index is -3.72. The fourth-order valence-corrected chi connectivity index (χ4v) is 4.46. The fraction of sp³-hybridized carbons (Fsp3) is 0.625. The van der Waals surface area contributed by atoms with E-state index in [-0.39, 0.29) is 25.1 Å². The maximum absolute atomic E-state index is 13.4. The zero-order valence-corrected chi connectivity index (χ0v) is 14.0. The van der Waals surface area contributed by atoms with E-state index in [1.54, 1.807) is 30.3 Å². The Kier molecular flexibility index (Phi) is 5.43. The molecule has 0 bridgehead atoms. The summed E-state index contributed by atoms with van der Waals surface area (Å²) < 4.78 is 53.3. The molecular formula is C16H23F2NO3S. The summed E-state index contributed by atoms with van der Waals surface area (Å²) in [5.41, 5.74) is -0.767. The minimum absolute atomic E-state index is 0.167. The number of rotatable bonds is 6. The van der Waals surface area contributed by atoms with Crippen molar-refractivity contribution in [2.45, 2.75) is 44.1 Å². The van der Waals surface area contributed by atoms with Gasteiger partial charge in [-0.1, -0.05) is 30.3 Å². The molecule has 2 rings (SSSR count). The largest absolute Gasteiger partial charge is 0.384 e. The van der Waals surface area contributed by atoms with Crippen LogP contribution in [0.25, 0.3) is 0 Å². The molecule has 0 unspecified atom stereocenters. The van der Waals surface area contributed by atoms with Crippen molar-refractivity contribution in [1.29, 1.82) is 0 Å². The molecule has 1 aliphatic carbocycles. The molecule has 0 aliphatic heterocycles. The van der Waals surface area contributed by atoms with Crippen LogP contribution >= 0.6 is 0 Å². The summed E-state index contributed by atoms with van der Waals surface area (Å²) in [5.74, 6) is -3.64. The van der Waals surface area contributed by atoms with Crippen molar-refractivity contribution in [3.05, 3.63) is 35.9 Å². The van der Waals surface area contributed by atoms with Crippen LogP contribution < -0.4 is 4.72 Å². The molecule has 1 saturated carbocycles. The Bertz CT molecular complexity index is 617. The van der Waals surface area contributed by atoms with Crippen LogP contribution in [0.3, 0.4) is 0 Å². The molecule has 23 heavy (non-hydrogen) atoms. The molecule has 0 heterocycles. The number of aliphatic hydroxyl groups is 1. The lowest BCUT2D eigenvalue weighted by molar-refractivity contribution is -0.0489. The van der Waals surface area contributed by atoms with Gasteiger partial charge in [0, 0.05) is 19.4 Å². The highest BCUT2D eigenvalue weighted by Gasteiger charge is 2.38. The lowest BCUT2D eigenvalue weighted by Gasteiger charge is -2.29. The van der Waals surface area contributed by atoms with Gasteiger partial charge in [-0.15, -0.1) is 0 Å². The van der Waals surface area contributed by atoms with Gasteiger partial charge in [-0.3, -0.25) is 0 Å². The van der Waals surface area contributed by atoms with Crippen molar-refractivity contribution >= 4 is 10.0 Å². The van der Waals surface area contributed by atoms with Crippen LogP contribution in [-0.2, 0) is 15.6 Å². The summed E-state index contributed by atoms with van der Waals surface area (Å²) in [6.45, 7) is 1.32. The first-order valence-electron chi connectivity index (χ1n) is 7.73. The second kappa shape index (κ2) is 6.83. The van der Waals surface area contributed by atoms with Gasteiger partial charge >= 0.3 is 0 Å². The van der Waals surface area contributed by atoms with E-state index < -0.39 is 27.5 Å². The van der Waals surface area contributed by atoms with Gasteiger partial charge in [0.1, 0.15) is 5.60 Å². The average molecular weight is 347 g/mol. The zero-order valence-electron chi connectivity index (χ0n) is 13.1. The Morgan fingerprint density at radius 1 is 1.35 bits per heavy atom. The van der Waals surface area contributed by atoms with Gasteiger partial charge in [0.2, 0.25) is 15.9 Å². The molecule has 4 nitrogen and oxygen atoms in total. The molecule has 1 fully saturated rings. The molecule has 7 heteroatoms. The van der Waals surface area contributed by atoms with Crippen LogP contribution in [0.15, 0.2) is 30.3 Å². The molecular weight excluding hydrogens is 324 g/mol. The lowest BCUT2D eigenvalue weighted by atomic mass is 9.88. The number of sulfonamides is 1. The minimum Gasteiger partial charge on any atom is -0.384 e. The van der Waals surface area contributed by atoms with E-state index in [0.29, 0.717) is 18.4 Å². The van der Waals surface area contributed by atoms with Crippen LogP contribution in [-0.4, -0.2) is 31.7 Å². The number of nitrogens with one attached hydrogen (secondary N) is 1. The predicted molar refractivity (Wildman–Crippen MR) is 84.7 cm³/mol. The zero-order chi connectivity index (χ0) is 17.1. The average Bonchev–Trinajstić information content (AvgIpc) is 2.45. The quantitative estimate of drug-likeness (QED) is 0.831. The molecule has 0 aromatic heterocycles. The van der Waals surface area contributed by atoms with E-state index in [1.165, 1.54) is 6.92 Å². The van der Waals surface area contributed by atoms with E-state index >= 15 is 0 Å². The van der Waals surface area contributed by atoms with Crippen LogP contribution in [0.2, 0.25) is 0 Å². The number of hydrogen-bond donors (Lipinski definition) is 2. The molecule has 1 aliphatic rings. The number of benzene rings is 1. The Hall–Kier alpha value is -1.05. The predicted octanol–water partition coefficient (Wildman–Crippen LogP) is 2.64. The molecule has 2 atom stereocenters. The van der Waals surface area contributed by atoms with E-state index in [2.05, 4.69) is 4.72 Å². The van der Waals surface area contributed by atoms with Crippen molar-refractivity contribution in [1.82, 2.24) is 4.72 Å². The van der Waals surface area contributed by atoms with Crippen molar-refractivity contribution in [2.24, 2.45) is 5.92 Å². The van der Waals surface area contributed by atoms with Crippen LogP contribution in [0.1, 0.15) is 38.2 Å². The van der Waals surface area contributed by atoms with E-state index in [4.69, 9.17) is 0 Å². The van der Waals surface area contributed by atoms with Crippen molar-refractivity contribution in [3.8, 4) is 0 Å². The maximum atomic E-state index is 13.4. The second-order valence-corrected chi connectivity index (χ2v) is 8.41. The van der Waals surface area contributed by atoms with E-state index in [1.807, 2.05) is 0 Å². The fourth-order valence-electron chi connectivity index (χ4n) is 2.94. The Morgan fingerprint density at radius 2 is 2.00 bits per heavy atom. The van der Waals surface area contributed by atoms with Crippen molar-refractivity contribution in [2.75, 3.05) is 12.3 Å². The topological polar surface area (TPSA) is 66.4 Å². The first kappa shape index (κ1) is 18.3. The molecule has 0 spiro atoms. The van der Waals surface area contributed by atoms with E-state index in [9.17, 15) is 22.3 Å². The number of alkyl halides is 2. The molecule has 0 amide bonds. The van der Waals surface area contributed by atoms with Gasteiger partial charge in [-0.05, 0) is 31.2 Å². The maximum Gasteiger partial charge on any atom is 0.248 e. The van der Waals surface area contributed by atoms with Gasteiger partial charge in [0.05, 0.1) is 5.75 Å². The first-order valence-corrected chi connectivity index (χ1v) is 9.38. The van der Waals surface area contributed by atoms with Crippen molar-refractivity contribution in [3.63, 3.8) is 0 Å². The van der Waals surface area contributed by atoms with Crippen LogP contribution in [0.4, 0.5) is 8.78 Å². The number of hydrogen-bond acceptors (Lipinski definition) is 3. The molecule has 0 radical (unpaired) electrons. The van der Waals surface area contributed by atoms with Crippen molar-refractivity contribution < 1.29 is 22.3 Å². The highest BCUT2D eigenvalue weighted by Crippen LogP contribution is 2.37. The van der Waals surface area contributed by atoms with Gasteiger partial charge < -0.3 is 5.11 Å². The summed E-state index contributed by atoms with van der Waals surface area (Å²) in [6, 6.07) is 8.71. The Balaban J connectivity index is 1.94. The normalized spacial score (nSPS) is 24.1. The molecule has 1 aromatic rings. The SMILES string of the molecule is C[C@](O)(CNS(=O)(=O)C[C@H]1CCCC(F)(F)C1)c1ccccc1. The standard InChI is InChI=1S/C16H23F2NO3S/c1-15(20,14-7-3-2-4-8-14)12-19-23(21,22)11-13-6-5-9-16(17,18)10-13/h2-4,7-8,13,19-20H,5-6,9-12H2,1H3/t13-,15-/m0/s1. The summed E-state index contributed by atoms with van der Waals surface area (Å²) >= 11 is 0. The van der Waals surface area contributed by atoms with Crippen LogP contribution in [0, 0.1) is 5.92 Å². The monoisotopic (exact) mass is 347 g/mol. The smallest absolute Gasteiger partial charge is 0.248 e. The third-order valence-electron chi connectivity index (χ3n) is 4.23. The highest BCUT2D eigenvalue weighted by atomic mass is 32.2. The summed E-state index contributed by atoms with van der Waals surface area (Å²) in [6.07, 6.45) is 0.281. The van der Waals surface area contributed by atoms with Gasteiger partial charge in [-0.25, -0.2) is 21.9 Å². The Labute approximate surface area is 136 Å². The third kappa shape index (κ3) is 5.51. The number of halogens is 2. The summed E-state index contributed by atoms with van der Waals surface area (Å²) in [7, 11) is -3.72. The molecule has 2 N–H and O–H groups in total. The van der Waals surface area contributed by atoms with Gasteiger partial charge in [0.15, 0.2) is 0 Å². The van der Waals surface area contributed by atoms with Gasteiger partial charge in [0.25, 0.3) is 0 Å². The molecule has 1 aromatic carbocycles. The molecule has 0 saturated heterocycles. The first-order chi connectivity index (χ1) is 10.6. The highest BCUT2D eigenvalue weighted by molar-refractivity contribution is 7.89. The third-order valence-corrected chi connectivity index (χ3v) is 5.72. The van der Waals surface area contributed by atoms with Gasteiger partial charge in [-0.2, -0.15) is 0 Å². The van der Waals surface area contributed by atoms with Crippen LogP contribution in [0.5, 0.6) is 0 Å². The Morgan fingerprint density at radius 3 is 2.61 bits per heavy atom. The van der Waals surface area contributed by atoms with E-state index in [0.717, 1.165) is 0 Å². The molecule has 130 valence electrons. The summed E-state index contributed by atoms with van der Waals surface area (Å²) in [5, 5.41) is 10.4.